The lowest BCUT2D eigenvalue weighted by atomic mass is 9.75. The van der Waals surface area contributed by atoms with E-state index in [9.17, 15) is 4.79 Å². The van der Waals surface area contributed by atoms with E-state index in [4.69, 9.17) is 0 Å². The molecule has 1 fully saturated rings. The summed E-state index contributed by atoms with van der Waals surface area (Å²) >= 11 is 0. The minimum Gasteiger partial charge on any atom is -0.299 e. The minimum atomic E-state index is 0.207. The minimum absolute atomic E-state index is 0.207. The Morgan fingerprint density at radius 3 is 2.33 bits per heavy atom. The summed E-state index contributed by atoms with van der Waals surface area (Å²) in [5, 5.41) is 0. The summed E-state index contributed by atoms with van der Waals surface area (Å²) in [6.45, 7) is 8.51. The highest BCUT2D eigenvalue weighted by Crippen LogP contribution is 2.34. The number of ketones is 1. The number of carbonyl (C=O) groups is 1. The van der Waals surface area contributed by atoms with Crippen LogP contribution in [0.1, 0.15) is 59.8 Å². The van der Waals surface area contributed by atoms with Crippen LogP contribution in [0.5, 0.6) is 0 Å². The van der Waals surface area contributed by atoms with Crippen LogP contribution >= 0.6 is 0 Å². The molecule has 1 aliphatic rings. The predicted octanol–water partition coefficient (Wildman–Crippen LogP) is 4.06. The highest BCUT2D eigenvalue weighted by molar-refractivity contribution is 5.82. The Kier molecular flexibility index (Phi) is 4.82. The standard InChI is InChI=1S/C14H26O/c1-10(2)14(15)12(4)9-13-8-6-5-7-11(13)3/h10-13H,5-9H2,1-4H3/t11?,12-,13?/m0/s1. The molecule has 1 aliphatic carbocycles. The normalized spacial score (nSPS) is 29.1. The van der Waals surface area contributed by atoms with Crippen LogP contribution in [0.3, 0.4) is 0 Å². The van der Waals surface area contributed by atoms with Gasteiger partial charge in [0.15, 0.2) is 0 Å². The SMILES string of the molecule is CC(C)C(=O)[C@@H](C)CC1CCCCC1C. The number of Topliss-reactive ketones (excluding diaryl/α,β-unsaturated/α-hetero) is 1. The first-order chi connectivity index (χ1) is 7.02. The molecule has 1 rings (SSSR count). The van der Waals surface area contributed by atoms with Crippen molar-refractivity contribution in [3.63, 3.8) is 0 Å². The Balaban J connectivity index is 2.42. The van der Waals surface area contributed by atoms with Crippen LogP contribution in [0.25, 0.3) is 0 Å². The zero-order valence-electron chi connectivity index (χ0n) is 10.8. The van der Waals surface area contributed by atoms with Gasteiger partial charge in [-0.05, 0) is 18.3 Å². The molecule has 0 saturated heterocycles. The Morgan fingerprint density at radius 1 is 1.20 bits per heavy atom. The molecular formula is C14H26O. The van der Waals surface area contributed by atoms with E-state index < -0.39 is 0 Å². The van der Waals surface area contributed by atoms with Crippen molar-refractivity contribution in [3.05, 3.63) is 0 Å². The Morgan fingerprint density at radius 2 is 1.80 bits per heavy atom. The van der Waals surface area contributed by atoms with Crippen molar-refractivity contribution in [2.24, 2.45) is 23.7 Å². The fourth-order valence-electron chi connectivity index (χ4n) is 2.88. The van der Waals surface area contributed by atoms with Gasteiger partial charge in [0.2, 0.25) is 0 Å². The van der Waals surface area contributed by atoms with Crippen molar-refractivity contribution < 1.29 is 4.79 Å². The van der Waals surface area contributed by atoms with Gasteiger partial charge in [-0.15, -0.1) is 0 Å². The summed E-state index contributed by atoms with van der Waals surface area (Å²) in [5.41, 5.74) is 0. The molecule has 15 heavy (non-hydrogen) atoms. The predicted molar refractivity (Wildman–Crippen MR) is 64.7 cm³/mol. The molecule has 0 amide bonds. The first-order valence-corrected chi connectivity index (χ1v) is 6.56. The van der Waals surface area contributed by atoms with Gasteiger partial charge < -0.3 is 0 Å². The van der Waals surface area contributed by atoms with Gasteiger partial charge in [-0.2, -0.15) is 0 Å². The van der Waals surface area contributed by atoms with E-state index in [-0.39, 0.29) is 11.8 Å². The molecule has 0 heterocycles. The van der Waals surface area contributed by atoms with Crippen LogP contribution in [0, 0.1) is 23.7 Å². The van der Waals surface area contributed by atoms with E-state index in [1.165, 1.54) is 25.7 Å². The quantitative estimate of drug-likeness (QED) is 0.683. The Labute approximate surface area is 94.6 Å². The summed E-state index contributed by atoms with van der Waals surface area (Å²) in [4.78, 5) is 11.8. The zero-order valence-corrected chi connectivity index (χ0v) is 10.8. The van der Waals surface area contributed by atoms with Gasteiger partial charge in [0, 0.05) is 11.8 Å². The van der Waals surface area contributed by atoms with Gasteiger partial charge >= 0.3 is 0 Å². The van der Waals surface area contributed by atoms with Crippen LogP contribution in [0.2, 0.25) is 0 Å². The van der Waals surface area contributed by atoms with Gasteiger partial charge in [-0.25, -0.2) is 0 Å². The van der Waals surface area contributed by atoms with Crippen molar-refractivity contribution in [2.45, 2.75) is 59.8 Å². The fourth-order valence-corrected chi connectivity index (χ4v) is 2.88. The fraction of sp³-hybridized carbons (Fsp3) is 0.929. The van der Waals surface area contributed by atoms with Crippen LogP contribution < -0.4 is 0 Å². The monoisotopic (exact) mass is 210 g/mol. The number of rotatable bonds is 4. The van der Waals surface area contributed by atoms with Gasteiger partial charge in [0.05, 0.1) is 0 Å². The molecule has 0 aliphatic heterocycles. The van der Waals surface area contributed by atoms with Crippen LogP contribution in [-0.2, 0) is 4.79 Å². The number of carbonyl (C=O) groups excluding carboxylic acids is 1. The molecule has 0 aromatic rings. The molecule has 3 atom stereocenters. The summed E-state index contributed by atoms with van der Waals surface area (Å²) in [5.74, 6) is 2.57. The zero-order chi connectivity index (χ0) is 11.4. The Bertz CT molecular complexity index is 207. The molecule has 0 aromatic carbocycles. The van der Waals surface area contributed by atoms with E-state index in [1.807, 2.05) is 13.8 Å². The smallest absolute Gasteiger partial charge is 0.138 e. The maximum atomic E-state index is 11.8. The second-order valence-corrected chi connectivity index (χ2v) is 5.72. The summed E-state index contributed by atoms with van der Waals surface area (Å²) in [6.07, 6.45) is 6.60. The summed E-state index contributed by atoms with van der Waals surface area (Å²) in [7, 11) is 0. The molecule has 0 N–H and O–H groups in total. The van der Waals surface area contributed by atoms with Gasteiger partial charge in [0.1, 0.15) is 5.78 Å². The molecule has 0 aromatic heterocycles. The van der Waals surface area contributed by atoms with Crippen molar-refractivity contribution in [1.82, 2.24) is 0 Å². The second kappa shape index (κ2) is 5.67. The molecule has 1 nitrogen and oxygen atoms in total. The molecular weight excluding hydrogens is 184 g/mol. The van der Waals surface area contributed by atoms with Gasteiger partial charge in [-0.3, -0.25) is 4.79 Å². The van der Waals surface area contributed by atoms with Crippen molar-refractivity contribution in [3.8, 4) is 0 Å². The number of hydrogen-bond acceptors (Lipinski definition) is 1. The van der Waals surface area contributed by atoms with Gasteiger partial charge in [0.25, 0.3) is 0 Å². The van der Waals surface area contributed by atoms with E-state index in [2.05, 4.69) is 13.8 Å². The Hall–Kier alpha value is -0.330. The van der Waals surface area contributed by atoms with E-state index in [0.29, 0.717) is 5.78 Å². The molecule has 0 bridgehead atoms. The molecule has 0 spiro atoms. The molecule has 0 radical (unpaired) electrons. The van der Waals surface area contributed by atoms with Crippen molar-refractivity contribution in [2.75, 3.05) is 0 Å². The summed E-state index contributed by atoms with van der Waals surface area (Å²) in [6, 6.07) is 0. The van der Waals surface area contributed by atoms with E-state index in [1.54, 1.807) is 0 Å². The third-order valence-corrected chi connectivity index (χ3v) is 4.00. The second-order valence-electron chi connectivity index (χ2n) is 5.72. The largest absolute Gasteiger partial charge is 0.299 e. The average Bonchev–Trinajstić information content (AvgIpc) is 2.20. The molecule has 88 valence electrons. The lowest BCUT2D eigenvalue weighted by Gasteiger charge is -2.30. The average molecular weight is 210 g/mol. The van der Waals surface area contributed by atoms with Crippen LogP contribution in [0.4, 0.5) is 0 Å². The summed E-state index contributed by atoms with van der Waals surface area (Å²) < 4.78 is 0. The lowest BCUT2D eigenvalue weighted by molar-refractivity contribution is -0.126. The third-order valence-electron chi connectivity index (χ3n) is 4.00. The maximum Gasteiger partial charge on any atom is 0.138 e. The first kappa shape index (κ1) is 12.7. The van der Waals surface area contributed by atoms with Crippen molar-refractivity contribution >= 4 is 5.78 Å². The van der Waals surface area contributed by atoms with Crippen LogP contribution in [-0.4, -0.2) is 5.78 Å². The highest BCUT2D eigenvalue weighted by atomic mass is 16.1. The van der Waals surface area contributed by atoms with E-state index in [0.717, 1.165) is 18.3 Å². The molecule has 1 saturated carbocycles. The van der Waals surface area contributed by atoms with Crippen LogP contribution in [0.15, 0.2) is 0 Å². The lowest BCUT2D eigenvalue weighted by Crippen LogP contribution is -2.24. The third kappa shape index (κ3) is 3.62. The van der Waals surface area contributed by atoms with Gasteiger partial charge in [-0.1, -0.05) is 53.4 Å². The number of hydrogen-bond donors (Lipinski definition) is 0. The van der Waals surface area contributed by atoms with E-state index >= 15 is 0 Å². The molecule has 2 unspecified atom stereocenters. The highest BCUT2D eigenvalue weighted by Gasteiger charge is 2.26. The van der Waals surface area contributed by atoms with Crippen molar-refractivity contribution in [1.29, 1.82) is 0 Å². The topological polar surface area (TPSA) is 17.1 Å². The first-order valence-electron chi connectivity index (χ1n) is 6.56. The maximum absolute atomic E-state index is 11.8. The molecule has 1 heteroatoms.